The minimum absolute atomic E-state index is 0.446. The highest BCUT2D eigenvalue weighted by Gasteiger charge is 2.50. The third-order valence-corrected chi connectivity index (χ3v) is 5.92. The van der Waals surface area contributed by atoms with Crippen molar-refractivity contribution in [1.29, 1.82) is 0 Å². The maximum atomic E-state index is 5.66. The summed E-state index contributed by atoms with van der Waals surface area (Å²) in [7, 11) is 0. The summed E-state index contributed by atoms with van der Waals surface area (Å²) in [5.74, 6) is 0. The Labute approximate surface area is 131 Å². The summed E-state index contributed by atoms with van der Waals surface area (Å²) < 4.78 is 0. The monoisotopic (exact) mass is 308 g/mol. The van der Waals surface area contributed by atoms with Crippen LogP contribution in [-0.2, 0) is 6.54 Å². The zero-order chi connectivity index (χ0) is 14.4. The molecule has 1 N–H and O–H groups in total. The van der Waals surface area contributed by atoms with Crippen LogP contribution in [0.3, 0.4) is 0 Å². The average molecular weight is 309 g/mol. The van der Waals surface area contributed by atoms with Gasteiger partial charge in [-0.05, 0) is 53.8 Å². The van der Waals surface area contributed by atoms with Crippen LogP contribution in [0.1, 0.15) is 44.9 Å². The van der Waals surface area contributed by atoms with Gasteiger partial charge in [0.15, 0.2) is 5.11 Å². The van der Waals surface area contributed by atoms with E-state index in [1.807, 2.05) is 0 Å². The molecule has 3 rings (SSSR count). The van der Waals surface area contributed by atoms with Gasteiger partial charge in [0.2, 0.25) is 0 Å². The van der Waals surface area contributed by atoms with Crippen molar-refractivity contribution in [1.82, 2.24) is 10.2 Å². The molecular formula is C16H24N2S2. The number of hydrogen-bond acceptors (Lipinski definition) is 2. The van der Waals surface area contributed by atoms with Gasteiger partial charge >= 0.3 is 0 Å². The van der Waals surface area contributed by atoms with Crippen molar-refractivity contribution in [3.8, 4) is 0 Å². The first-order chi connectivity index (χ1) is 9.37. The van der Waals surface area contributed by atoms with Gasteiger partial charge in [-0.3, -0.25) is 0 Å². The molecule has 2 atom stereocenters. The van der Waals surface area contributed by atoms with E-state index in [1.165, 1.54) is 24.1 Å². The zero-order valence-electron chi connectivity index (χ0n) is 12.6. The highest BCUT2D eigenvalue weighted by molar-refractivity contribution is 7.80. The first-order valence-corrected chi connectivity index (χ1v) is 8.73. The van der Waals surface area contributed by atoms with E-state index < -0.39 is 0 Å². The molecule has 0 radical (unpaired) electrons. The van der Waals surface area contributed by atoms with Gasteiger partial charge in [0, 0.05) is 17.5 Å². The predicted molar refractivity (Wildman–Crippen MR) is 90.0 cm³/mol. The number of nitrogens with one attached hydrogen (secondary N) is 1. The smallest absolute Gasteiger partial charge is 0.169 e. The van der Waals surface area contributed by atoms with E-state index in [9.17, 15) is 0 Å². The summed E-state index contributed by atoms with van der Waals surface area (Å²) in [4.78, 5) is 3.80. The van der Waals surface area contributed by atoms with E-state index >= 15 is 0 Å². The lowest BCUT2D eigenvalue weighted by atomic mass is 9.65. The highest BCUT2D eigenvalue weighted by atomic mass is 32.1. The van der Waals surface area contributed by atoms with Crippen molar-refractivity contribution >= 4 is 28.7 Å². The van der Waals surface area contributed by atoms with Crippen LogP contribution in [0, 0.1) is 10.8 Å². The Balaban J connectivity index is 1.64. The molecule has 2 heterocycles. The first-order valence-electron chi connectivity index (χ1n) is 7.44. The second-order valence-corrected chi connectivity index (χ2v) is 9.00. The highest BCUT2D eigenvalue weighted by Crippen LogP contribution is 2.52. The Morgan fingerprint density at radius 1 is 1.45 bits per heavy atom. The van der Waals surface area contributed by atoms with Crippen LogP contribution >= 0.6 is 23.6 Å². The lowest BCUT2D eigenvalue weighted by Gasteiger charge is -2.39. The van der Waals surface area contributed by atoms with Crippen molar-refractivity contribution in [3.63, 3.8) is 0 Å². The number of thiophene rings is 1. The van der Waals surface area contributed by atoms with Gasteiger partial charge < -0.3 is 10.2 Å². The molecule has 110 valence electrons. The van der Waals surface area contributed by atoms with Crippen LogP contribution in [0.5, 0.6) is 0 Å². The Bertz CT molecular complexity index is 495. The zero-order valence-corrected chi connectivity index (χ0v) is 14.2. The molecular weight excluding hydrogens is 284 g/mol. The molecule has 2 unspecified atom stereocenters. The number of rotatable bonds is 2. The SMILES string of the molecule is CC1(C)CC2CC(C)(CN2C(=S)NCc2cccs2)C1. The molecule has 1 aliphatic carbocycles. The Morgan fingerprint density at radius 3 is 2.95 bits per heavy atom. The maximum Gasteiger partial charge on any atom is 0.169 e. The van der Waals surface area contributed by atoms with Crippen molar-refractivity contribution in [3.05, 3.63) is 22.4 Å². The molecule has 2 fully saturated rings. The van der Waals surface area contributed by atoms with Gasteiger partial charge in [-0.25, -0.2) is 0 Å². The van der Waals surface area contributed by atoms with Gasteiger partial charge in [0.05, 0.1) is 6.54 Å². The number of nitrogens with zero attached hydrogens (tertiary/aromatic N) is 1. The van der Waals surface area contributed by atoms with E-state index in [1.54, 1.807) is 11.3 Å². The minimum Gasteiger partial charge on any atom is -0.358 e. The molecule has 2 aliphatic rings. The summed E-state index contributed by atoms with van der Waals surface area (Å²) in [6.45, 7) is 9.23. The Morgan fingerprint density at radius 2 is 2.25 bits per heavy atom. The minimum atomic E-state index is 0.446. The van der Waals surface area contributed by atoms with Gasteiger partial charge in [-0.1, -0.05) is 26.8 Å². The number of likely N-dealkylation sites (tertiary alicyclic amines) is 1. The van der Waals surface area contributed by atoms with E-state index in [0.29, 0.717) is 16.9 Å². The largest absolute Gasteiger partial charge is 0.358 e. The van der Waals surface area contributed by atoms with E-state index in [0.717, 1.165) is 18.2 Å². The molecule has 2 bridgehead atoms. The van der Waals surface area contributed by atoms with Crippen molar-refractivity contribution in [2.24, 2.45) is 10.8 Å². The molecule has 1 aromatic rings. The van der Waals surface area contributed by atoms with Crippen molar-refractivity contribution < 1.29 is 0 Å². The summed E-state index contributed by atoms with van der Waals surface area (Å²) >= 11 is 7.44. The molecule has 1 aliphatic heterocycles. The third kappa shape index (κ3) is 2.86. The summed E-state index contributed by atoms with van der Waals surface area (Å²) in [5, 5.41) is 6.52. The van der Waals surface area contributed by atoms with Crippen LogP contribution in [0.25, 0.3) is 0 Å². The Hall–Kier alpha value is -0.610. The molecule has 0 aromatic carbocycles. The van der Waals surface area contributed by atoms with Gasteiger partial charge in [-0.15, -0.1) is 11.3 Å². The normalized spacial score (nSPS) is 31.4. The third-order valence-electron chi connectivity index (χ3n) is 4.67. The fourth-order valence-corrected chi connectivity index (χ4v) is 5.31. The van der Waals surface area contributed by atoms with Crippen LogP contribution in [0.2, 0.25) is 0 Å². The van der Waals surface area contributed by atoms with Crippen LogP contribution in [0.15, 0.2) is 17.5 Å². The van der Waals surface area contributed by atoms with Crippen LogP contribution < -0.4 is 5.32 Å². The maximum absolute atomic E-state index is 5.66. The standard InChI is InChI=1S/C16H24N2S2/c1-15(2)7-12-8-16(3,10-15)11-18(12)14(19)17-9-13-5-4-6-20-13/h4-6,12H,7-11H2,1-3H3,(H,17,19). The molecule has 1 aromatic heterocycles. The lowest BCUT2D eigenvalue weighted by Crippen LogP contribution is -2.43. The van der Waals surface area contributed by atoms with Gasteiger partial charge in [-0.2, -0.15) is 0 Å². The van der Waals surface area contributed by atoms with E-state index in [-0.39, 0.29) is 0 Å². The fraction of sp³-hybridized carbons (Fsp3) is 0.688. The predicted octanol–water partition coefficient (Wildman–Crippen LogP) is 4.02. The van der Waals surface area contributed by atoms with E-state index in [4.69, 9.17) is 12.2 Å². The molecule has 1 saturated carbocycles. The molecule has 1 saturated heterocycles. The summed E-state index contributed by atoms with van der Waals surface area (Å²) in [5.41, 5.74) is 0.900. The summed E-state index contributed by atoms with van der Waals surface area (Å²) in [6, 6.07) is 4.89. The second kappa shape index (κ2) is 4.99. The quantitative estimate of drug-likeness (QED) is 0.831. The van der Waals surface area contributed by atoms with Crippen molar-refractivity contribution in [2.45, 2.75) is 52.6 Å². The average Bonchev–Trinajstić information content (AvgIpc) is 2.91. The van der Waals surface area contributed by atoms with Crippen molar-refractivity contribution in [2.75, 3.05) is 6.54 Å². The summed E-state index contributed by atoms with van der Waals surface area (Å²) in [6.07, 6.45) is 3.89. The molecule has 2 nitrogen and oxygen atoms in total. The topological polar surface area (TPSA) is 15.3 Å². The fourth-order valence-electron chi connectivity index (χ4n) is 4.37. The van der Waals surface area contributed by atoms with Gasteiger partial charge in [0.1, 0.15) is 0 Å². The second-order valence-electron chi connectivity index (χ2n) is 7.58. The Kier molecular flexibility index (Phi) is 3.57. The molecule has 20 heavy (non-hydrogen) atoms. The number of hydrogen-bond donors (Lipinski definition) is 1. The van der Waals surface area contributed by atoms with Gasteiger partial charge in [0.25, 0.3) is 0 Å². The van der Waals surface area contributed by atoms with E-state index in [2.05, 4.69) is 48.5 Å². The lowest BCUT2D eigenvalue weighted by molar-refractivity contribution is 0.132. The molecule has 4 heteroatoms. The number of thiocarbonyl (C=S) groups is 1. The number of fused-ring (bicyclic) bond motifs is 2. The molecule has 0 spiro atoms. The van der Waals surface area contributed by atoms with Crippen LogP contribution in [-0.4, -0.2) is 22.6 Å². The van der Waals surface area contributed by atoms with Crippen LogP contribution in [0.4, 0.5) is 0 Å². The first kappa shape index (κ1) is 14.3. The molecule has 0 amide bonds.